The second-order valence-electron chi connectivity index (χ2n) is 6.45. The molecular weight excluding hydrogens is 246 g/mol. The van der Waals surface area contributed by atoms with E-state index >= 15 is 0 Å². The minimum Gasteiger partial charge on any atom is -0.376 e. The average Bonchev–Trinajstić information content (AvgIpc) is 2.68. The Hall–Kier alpha value is -0.860. The minimum absolute atomic E-state index is 0.0232. The highest BCUT2D eigenvalue weighted by atomic mass is 16.5. The van der Waals surface area contributed by atoms with Gasteiger partial charge in [-0.15, -0.1) is 0 Å². The molecule has 0 amide bonds. The Balaban J connectivity index is 2.37. The van der Waals surface area contributed by atoms with Crippen molar-refractivity contribution in [3.05, 3.63) is 34.4 Å². The van der Waals surface area contributed by atoms with Gasteiger partial charge in [-0.3, -0.25) is 0 Å². The predicted molar refractivity (Wildman–Crippen MR) is 85.0 cm³/mol. The Labute approximate surface area is 123 Å². The highest BCUT2D eigenvalue weighted by molar-refractivity contribution is 5.39. The van der Waals surface area contributed by atoms with Crippen molar-refractivity contribution in [2.45, 2.75) is 70.9 Å². The molecule has 1 saturated carbocycles. The number of hydrogen-bond donors (Lipinski definition) is 1. The fraction of sp³-hybridized carbons (Fsp3) is 0.667. The summed E-state index contributed by atoms with van der Waals surface area (Å²) in [5.41, 5.74) is 11.7. The van der Waals surface area contributed by atoms with Crippen LogP contribution in [-0.4, -0.2) is 12.7 Å². The smallest absolute Gasteiger partial charge is 0.0870 e. The van der Waals surface area contributed by atoms with E-state index in [1.165, 1.54) is 47.9 Å². The van der Waals surface area contributed by atoms with Crippen molar-refractivity contribution in [2.75, 3.05) is 7.11 Å². The van der Waals surface area contributed by atoms with Gasteiger partial charge in [0.05, 0.1) is 11.6 Å². The third-order valence-electron chi connectivity index (χ3n) is 5.14. The van der Waals surface area contributed by atoms with Crippen LogP contribution in [-0.2, 0) is 4.74 Å². The number of benzene rings is 1. The van der Waals surface area contributed by atoms with E-state index in [9.17, 15) is 0 Å². The molecule has 0 heterocycles. The van der Waals surface area contributed by atoms with E-state index in [2.05, 4.69) is 32.9 Å². The maximum absolute atomic E-state index is 6.68. The summed E-state index contributed by atoms with van der Waals surface area (Å²) < 4.78 is 5.98. The van der Waals surface area contributed by atoms with Crippen LogP contribution in [0, 0.1) is 20.8 Å². The largest absolute Gasteiger partial charge is 0.376 e. The lowest BCUT2D eigenvalue weighted by molar-refractivity contribution is -0.0443. The molecule has 2 N–H and O–H groups in total. The molecule has 1 aromatic carbocycles. The maximum atomic E-state index is 6.68. The average molecular weight is 275 g/mol. The lowest BCUT2D eigenvalue weighted by Crippen LogP contribution is -2.43. The number of nitrogens with two attached hydrogens (primary N) is 1. The van der Waals surface area contributed by atoms with Crippen molar-refractivity contribution in [2.24, 2.45) is 5.73 Å². The molecule has 1 aromatic rings. The summed E-state index contributed by atoms with van der Waals surface area (Å²) in [4.78, 5) is 0. The van der Waals surface area contributed by atoms with Gasteiger partial charge < -0.3 is 10.5 Å². The van der Waals surface area contributed by atoms with E-state index in [1.807, 2.05) is 7.11 Å². The minimum atomic E-state index is -0.178. The van der Waals surface area contributed by atoms with Crippen molar-refractivity contribution in [1.29, 1.82) is 0 Å². The number of hydrogen-bond acceptors (Lipinski definition) is 2. The molecule has 0 saturated heterocycles. The third kappa shape index (κ3) is 2.91. The third-order valence-corrected chi connectivity index (χ3v) is 5.14. The van der Waals surface area contributed by atoms with Crippen LogP contribution in [0.1, 0.15) is 66.8 Å². The van der Waals surface area contributed by atoms with Crippen LogP contribution in [0.3, 0.4) is 0 Å². The van der Waals surface area contributed by atoms with Gasteiger partial charge in [0.2, 0.25) is 0 Å². The van der Waals surface area contributed by atoms with E-state index in [4.69, 9.17) is 10.5 Å². The number of methoxy groups -OCH3 is 1. The van der Waals surface area contributed by atoms with Crippen LogP contribution in [0.15, 0.2) is 12.1 Å². The first-order chi connectivity index (χ1) is 9.50. The standard InChI is InChI=1S/C18H29NO/c1-13-11-15(3)16(12-14(13)2)17(19)18(20-4)9-7-5-6-8-10-18/h11-12,17H,5-10,19H2,1-4H3. The Morgan fingerprint density at radius 3 is 2.05 bits per heavy atom. The summed E-state index contributed by atoms with van der Waals surface area (Å²) in [5.74, 6) is 0. The predicted octanol–water partition coefficient (Wildman–Crippen LogP) is 4.35. The SMILES string of the molecule is COC1(C(N)c2cc(C)c(C)cc2C)CCCCCC1. The second-order valence-corrected chi connectivity index (χ2v) is 6.45. The zero-order valence-corrected chi connectivity index (χ0v) is 13.5. The van der Waals surface area contributed by atoms with Crippen molar-refractivity contribution in [3.8, 4) is 0 Å². The van der Waals surface area contributed by atoms with Crippen LogP contribution in [0.5, 0.6) is 0 Å². The number of aryl methyl sites for hydroxylation is 3. The Morgan fingerprint density at radius 1 is 0.950 bits per heavy atom. The molecule has 20 heavy (non-hydrogen) atoms. The zero-order chi connectivity index (χ0) is 14.8. The molecule has 1 unspecified atom stereocenters. The van der Waals surface area contributed by atoms with E-state index in [-0.39, 0.29) is 11.6 Å². The molecule has 2 rings (SSSR count). The maximum Gasteiger partial charge on any atom is 0.0870 e. The van der Waals surface area contributed by atoms with E-state index < -0.39 is 0 Å². The van der Waals surface area contributed by atoms with Gasteiger partial charge in [-0.25, -0.2) is 0 Å². The van der Waals surface area contributed by atoms with E-state index in [0.717, 1.165) is 12.8 Å². The monoisotopic (exact) mass is 275 g/mol. The Morgan fingerprint density at radius 2 is 1.50 bits per heavy atom. The first-order valence-electron chi connectivity index (χ1n) is 7.88. The van der Waals surface area contributed by atoms with Crippen LogP contribution >= 0.6 is 0 Å². The molecule has 2 heteroatoms. The highest BCUT2D eigenvalue weighted by Gasteiger charge is 2.38. The fourth-order valence-corrected chi connectivity index (χ4v) is 3.57. The molecule has 1 atom stereocenters. The molecule has 2 nitrogen and oxygen atoms in total. The molecule has 1 aliphatic rings. The van der Waals surface area contributed by atoms with E-state index in [0.29, 0.717) is 0 Å². The lowest BCUT2D eigenvalue weighted by atomic mass is 9.80. The number of rotatable bonds is 3. The molecular formula is C18H29NO. The van der Waals surface area contributed by atoms with Gasteiger partial charge in [0.15, 0.2) is 0 Å². The summed E-state index contributed by atoms with van der Waals surface area (Å²) in [7, 11) is 1.83. The highest BCUT2D eigenvalue weighted by Crippen LogP contribution is 2.40. The normalized spacial score (nSPS) is 20.4. The fourth-order valence-electron chi connectivity index (χ4n) is 3.57. The first kappa shape index (κ1) is 15.5. The molecule has 1 aliphatic carbocycles. The van der Waals surface area contributed by atoms with Gasteiger partial charge in [0.1, 0.15) is 0 Å². The summed E-state index contributed by atoms with van der Waals surface area (Å²) in [5, 5.41) is 0. The van der Waals surface area contributed by atoms with Gasteiger partial charge in [-0.05, 0) is 55.9 Å². The number of ether oxygens (including phenoxy) is 1. The van der Waals surface area contributed by atoms with Crippen LogP contribution in [0.2, 0.25) is 0 Å². The van der Waals surface area contributed by atoms with Crippen molar-refractivity contribution in [1.82, 2.24) is 0 Å². The summed E-state index contributed by atoms with van der Waals surface area (Å²) in [6.45, 7) is 6.49. The van der Waals surface area contributed by atoms with Crippen LogP contribution in [0.25, 0.3) is 0 Å². The quantitative estimate of drug-likeness (QED) is 0.832. The van der Waals surface area contributed by atoms with Gasteiger partial charge in [0, 0.05) is 7.11 Å². The Kier molecular flexibility index (Phi) is 4.87. The van der Waals surface area contributed by atoms with Crippen molar-refractivity contribution < 1.29 is 4.74 Å². The summed E-state index contributed by atoms with van der Waals surface area (Å²) >= 11 is 0. The molecule has 0 aliphatic heterocycles. The molecule has 0 aromatic heterocycles. The molecule has 0 radical (unpaired) electrons. The van der Waals surface area contributed by atoms with Crippen LogP contribution in [0.4, 0.5) is 0 Å². The Bertz CT molecular complexity index is 459. The van der Waals surface area contributed by atoms with Gasteiger partial charge in [0.25, 0.3) is 0 Å². The summed E-state index contributed by atoms with van der Waals surface area (Å²) in [6, 6.07) is 4.50. The molecule has 112 valence electrons. The molecule has 1 fully saturated rings. The van der Waals surface area contributed by atoms with Crippen molar-refractivity contribution >= 4 is 0 Å². The zero-order valence-electron chi connectivity index (χ0n) is 13.5. The van der Waals surface area contributed by atoms with E-state index in [1.54, 1.807) is 0 Å². The van der Waals surface area contributed by atoms with Crippen molar-refractivity contribution in [3.63, 3.8) is 0 Å². The first-order valence-corrected chi connectivity index (χ1v) is 7.88. The molecule has 0 bridgehead atoms. The van der Waals surface area contributed by atoms with Gasteiger partial charge in [-0.1, -0.05) is 37.8 Å². The second kappa shape index (κ2) is 6.28. The van der Waals surface area contributed by atoms with Gasteiger partial charge >= 0.3 is 0 Å². The summed E-state index contributed by atoms with van der Waals surface area (Å²) in [6.07, 6.45) is 7.23. The van der Waals surface area contributed by atoms with Gasteiger partial charge in [-0.2, -0.15) is 0 Å². The topological polar surface area (TPSA) is 35.2 Å². The lowest BCUT2D eigenvalue weighted by Gasteiger charge is -2.38. The molecule has 0 spiro atoms. The van der Waals surface area contributed by atoms with Crippen LogP contribution < -0.4 is 5.73 Å².